The number of hydrogen-bond acceptors (Lipinski definition) is 11. The first-order valence-electron chi connectivity index (χ1n) is 22.5. The number of amides is 3. The summed E-state index contributed by atoms with van der Waals surface area (Å²) in [6.45, 7) is 4.35. The zero-order valence-corrected chi connectivity index (χ0v) is 35.3. The van der Waals surface area contributed by atoms with Crippen LogP contribution in [0.25, 0.3) is 16.6 Å². The second-order valence-corrected chi connectivity index (χ2v) is 17.9. The highest BCUT2D eigenvalue weighted by molar-refractivity contribution is 6.08. The molecule has 0 radical (unpaired) electrons. The van der Waals surface area contributed by atoms with Crippen molar-refractivity contribution in [2.75, 3.05) is 49.6 Å². The predicted octanol–water partition coefficient (Wildman–Crippen LogP) is 5.48. The van der Waals surface area contributed by atoms with E-state index in [-0.39, 0.29) is 47.4 Å². The van der Waals surface area contributed by atoms with Crippen molar-refractivity contribution < 1.29 is 32.6 Å². The third kappa shape index (κ3) is 7.94. The van der Waals surface area contributed by atoms with Crippen LogP contribution in [0.4, 0.5) is 20.3 Å². The number of morpholine rings is 1. The lowest BCUT2D eigenvalue weighted by molar-refractivity contribution is -0.134. The van der Waals surface area contributed by atoms with Crippen molar-refractivity contribution in [1.29, 1.82) is 0 Å². The number of hydrogen-bond donors (Lipinski definition) is 2. The molecule has 4 saturated heterocycles. The predicted molar refractivity (Wildman–Crippen MR) is 230 cm³/mol. The molecule has 0 spiro atoms. The lowest BCUT2D eigenvalue weighted by Crippen LogP contribution is -2.39. The number of aromatic nitrogens is 7. The number of fused-ring (bicyclic) bond motifs is 4. The second-order valence-electron chi connectivity index (χ2n) is 17.9. The maximum Gasteiger partial charge on any atom is 0.284 e. The monoisotopic (exact) mass is 873 g/mol. The van der Waals surface area contributed by atoms with Crippen LogP contribution in [0.1, 0.15) is 116 Å². The van der Waals surface area contributed by atoms with Crippen molar-refractivity contribution in [2.45, 2.75) is 107 Å². The van der Waals surface area contributed by atoms with Crippen molar-refractivity contribution in [3.63, 3.8) is 0 Å². The number of alkyl halides is 2. The van der Waals surface area contributed by atoms with Crippen LogP contribution in [0, 0.1) is 11.8 Å². The van der Waals surface area contributed by atoms with E-state index in [0.717, 1.165) is 93.4 Å². The van der Waals surface area contributed by atoms with Crippen molar-refractivity contribution in [3.05, 3.63) is 77.0 Å². The second kappa shape index (κ2) is 16.8. The number of ether oxygens (including phenoxy) is 2. The van der Waals surface area contributed by atoms with Crippen LogP contribution in [0.15, 0.2) is 54.5 Å². The first kappa shape index (κ1) is 40.7. The van der Waals surface area contributed by atoms with Gasteiger partial charge in [-0.25, -0.2) is 18.3 Å². The Balaban J connectivity index is 0.675. The largest absolute Gasteiger partial charge is 0.374 e. The first-order valence-corrected chi connectivity index (χ1v) is 22.5. The van der Waals surface area contributed by atoms with Gasteiger partial charge in [0.05, 0.1) is 71.5 Å². The molecule has 8 heterocycles. The molecule has 5 aromatic rings. The minimum atomic E-state index is -2.87. The number of nitrogens with one attached hydrogen (secondary N) is 2. The standard InChI is InChI=1S/C46H49F2N11O5/c47-43(48)41-37(50-46(62)36-22-49-57-19-16-38(51-44(36)57)56-24-33-21-31(56)26-64-33)25-58(53-41)29-8-6-27(7-9-29)23-55-17-14-32(15-18-55)63-20-2-4-28-3-1-5-34-40(35-12-13-39(60)52-45(35)61)54-59(42(28)34)30-10-11-30/h1,3,5-6,16,19,22,25,29-33,35,43H,7-15,17-18,20-21,23-24,26H2,(H,50,62)(H,52,60,61)/t29?,31-,33-,35?/m0/s1. The van der Waals surface area contributed by atoms with E-state index in [1.807, 2.05) is 28.9 Å². The average molecular weight is 874 g/mol. The van der Waals surface area contributed by atoms with Gasteiger partial charge in [0.25, 0.3) is 12.3 Å². The van der Waals surface area contributed by atoms with E-state index in [9.17, 15) is 23.2 Å². The fourth-order valence-corrected chi connectivity index (χ4v) is 10.1. The molecule has 4 atom stereocenters. The smallest absolute Gasteiger partial charge is 0.284 e. The molecular weight excluding hydrogens is 825 g/mol. The third-order valence-corrected chi connectivity index (χ3v) is 13.7. The van der Waals surface area contributed by atoms with Crippen LogP contribution in [0.5, 0.6) is 0 Å². The lowest BCUT2D eigenvalue weighted by atomic mass is 9.92. The molecular formula is C46H49F2N11O5. The fourth-order valence-electron chi connectivity index (χ4n) is 10.1. The van der Waals surface area contributed by atoms with Crippen LogP contribution in [0.3, 0.4) is 0 Å². The number of halogens is 2. The third-order valence-electron chi connectivity index (χ3n) is 13.7. The number of allylic oxidation sites excluding steroid dienone is 1. The number of para-hydroxylation sites is 1. The van der Waals surface area contributed by atoms with Crippen molar-refractivity contribution >= 4 is 45.8 Å². The Kier molecular flexibility index (Phi) is 10.7. The lowest BCUT2D eigenvalue weighted by Gasteiger charge is -2.33. The maximum atomic E-state index is 14.3. The number of carbonyl (C=O) groups is 3. The number of anilines is 2. The summed E-state index contributed by atoms with van der Waals surface area (Å²) in [6, 6.07) is 8.22. The molecule has 2 aliphatic carbocycles. The number of rotatable bonds is 11. The van der Waals surface area contributed by atoms with Gasteiger partial charge in [0.1, 0.15) is 18.0 Å². The average Bonchev–Trinajstić information content (AvgIpc) is 3.73. The summed E-state index contributed by atoms with van der Waals surface area (Å²) in [6.07, 6.45) is 12.1. The quantitative estimate of drug-likeness (QED) is 0.0981. The van der Waals surface area contributed by atoms with Gasteiger partial charge in [-0.05, 0) is 69.9 Å². The van der Waals surface area contributed by atoms with Gasteiger partial charge in [0, 0.05) is 50.4 Å². The SMILES string of the molecule is O=C1CCC(c2nn(C3CC3)c3c(C#CCOC4CCN(CC5=CCC(n6cc(NC(=O)c7cnn8ccc(N9C[C@@H]%10C[C@H]9CO%10)nc78)c(C(F)F)n6)CC5)CC4)cccc23)C(=O)N1. The van der Waals surface area contributed by atoms with Crippen LogP contribution >= 0.6 is 0 Å². The molecule has 4 aromatic heterocycles. The number of imide groups is 1. The molecule has 3 amide bonds. The molecule has 4 aliphatic heterocycles. The molecule has 2 N–H and O–H groups in total. The Labute approximate surface area is 367 Å². The van der Waals surface area contributed by atoms with Gasteiger partial charge in [-0.2, -0.15) is 15.3 Å². The van der Waals surface area contributed by atoms with E-state index in [4.69, 9.17) is 19.6 Å². The van der Waals surface area contributed by atoms with Crippen molar-refractivity contribution in [2.24, 2.45) is 0 Å². The van der Waals surface area contributed by atoms with E-state index < -0.39 is 23.9 Å². The molecule has 64 heavy (non-hydrogen) atoms. The van der Waals surface area contributed by atoms with Gasteiger partial charge in [-0.15, -0.1) is 0 Å². The normalized spacial score (nSPS) is 24.1. The van der Waals surface area contributed by atoms with Gasteiger partial charge in [0.2, 0.25) is 11.8 Å². The van der Waals surface area contributed by atoms with E-state index in [0.29, 0.717) is 49.9 Å². The highest BCUT2D eigenvalue weighted by Gasteiger charge is 2.40. The molecule has 11 rings (SSSR count). The van der Waals surface area contributed by atoms with E-state index in [1.165, 1.54) is 22.5 Å². The van der Waals surface area contributed by atoms with Gasteiger partial charge in [-0.1, -0.05) is 35.6 Å². The summed E-state index contributed by atoms with van der Waals surface area (Å²) in [5, 5.41) is 19.5. The minimum Gasteiger partial charge on any atom is -0.374 e. The van der Waals surface area contributed by atoms with E-state index in [1.54, 1.807) is 10.9 Å². The highest BCUT2D eigenvalue weighted by Crippen LogP contribution is 2.41. The molecule has 16 nitrogen and oxygen atoms in total. The summed E-state index contributed by atoms with van der Waals surface area (Å²) in [4.78, 5) is 47.5. The molecule has 5 fully saturated rings. The number of carbonyl (C=O) groups excluding carboxylic acids is 3. The van der Waals surface area contributed by atoms with Crippen molar-refractivity contribution in [1.82, 2.24) is 44.4 Å². The van der Waals surface area contributed by atoms with Gasteiger partial charge in [0.15, 0.2) is 11.3 Å². The Morgan fingerprint density at radius 1 is 1.03 bits per heavy atom. The Bertz CT molecular complexity index is 2740. The van der Waals surface area contributed by atoms with Gasteiger partial charge >= 0.3 is 0 Å². The highest BCUT2D eigenvalue weighted by atomic mass is 19.3. The molecule has 18 heteroatoms. The molecule has 2 unspecified atom stereocenters. The van der Waals surface area contributed by atoms with Crippen LogP contribution in [0.2, 0.25) is 0 Å². The molecule has 2 bridgehead atoms. The Hall–Kier alpha value is -6.03. The maximum absolute atomic E-state index is 14.3. The topological polar surface area (TPSA) is 166 Å². The molecule has 1 saturated carbocycles. The van der Waals surface area contributed by atoms with Gasteiger partial charge in [-0.3, -0.25) is 34.0 Å². The van der Waals surface area contributed by atoms with Crippen LogP contribution < -0.4 is 15.5 Å². The van der Waals surface area contributed by atoms with E-state index in [2.05, 4.69) is 48.5 Å². The Morgan fingerprint density at radius 3 is 2.66 bits per heavy atom. The summed E-state index contributed by atoms with van der Waals surface area (Å²) < 4.78 is 45.7. The fraction of sp³-hybridized carbons (Fsp3) is 0.500. The number of likely N-dealkylation sites (tertiary alicyclic amines) is 1. The van der Waals surface area contributed by atoms with E-state index >= 15 is 0 Å². The zero-order valence-electron chi connectivity index (χ0n) is 35.3. The number of piperidine rings is 2. The minimum absolute atomic E-state index is 0.0191. The summed E-state index contributed by atoms with van der Waals surface area (Å²) >= 11 is 0. The first-order chi connectivity index (χ1) is 31.2. The van der Waals surface area contributed by atoms with Crippen LogP contribution in [-0.4, -0.2) is 114 Å². The summed E-state index contributed by atoms with van der Waals surface area (Å²) in [5.74, 6) is 5.73. The molecule has 332 valence electrons. The number of benzene rings is 1. The molecule has 6 aliphatic rings. The van der Waals surface area contributed by atoms with Gasteiger partial charge < -0.3 is 19.7 Å². The number of nitrogens with zero attached hydrogens (tertiary/aromatic N) is 9. The van der Waals surface area contributed by atoms with Crippen LogP contribution in [-0.2, 0) is 19.1 Å². The Morgan fingerprint density at radius 2 is 1.91 bits per heavy atom. The molecule has 1 aromatic carbocycles. The van der Waals surface area contributed by atoms with Crippen molar-refractivity contribution in [3.8, 4) is 11.8 Å². The zero-order chi connectivity index (χ0) is 43.5. The summed E-state index contributed by atoms with van der Waals surface area (Å²) in [5.41, 5.74) is 3.90. The summed E-state index contributed by atoms with van der Waals surface area (Å²) in [7, 11) is 0.